The number of aryl methyl sites for hydroxylation is 1. The van der Waals surface area contributed by atoms with E-state index in [0.717, 1.165) is 13.1 Å². The van der Waals surface area contributed by atoms with Crippen LogP contribution in [0.5, 0.6) is 0 Å². The number of aliphatic hydroxyl groups is 1. The molecular weight excluding hydrogens is 238 g/mol. The van der Waals surface area contributed by atoms with Crippen molar-refractivity contribution in [2.75, 3.05) is 32.8 Å². The van der Waals surface area contributed by atoms with E-state index in [1.54, 1.807) is 6.92 Å². The molecule has 5 heteroatoms. The van der Waals surface area contributed by atoms with Crippen molar-refractivity contribution >= 4 is 0 Å². The van der Waals surface area contributed by atoms with E-state index in [2.05, 4.69) is 5.32 Å². The van der Waals surface area contributed by atoms with Crippen LogP contribution in [0.25, 0.3) is 0 Å². The number of hydrogen-bond donors (Lipinski definition) is 2. The SMILES string of the molecule is Cc1ccc(F)c([C@@H](CO)N2CCNCC2)c1F. The van der Waals surface area contributed by atoms with Gasteiger partial charge in [0.2, 0.25) is 0 Å². The van der Waals surface area contributed by atoms with E-state index in [1.807, 2.05) is 4.90 Å². The predicted molar refractivity (Wildman–Crippen MR) is 65.4 cm³/mol. The van der Waals surface area contributed by atoms with Crippen molar-refractivity contribution in [2.24, 2.45) is 0 Å². The summed E-state index contributed by atoms with van der Waals surface area (Å²) in [5.41, 5.74) is 0.388. The minimum atomic E-state index is -0.605. The molecule has 2 rings (SSSR count). The zero-order valence-electron chi connectivity index (χ0n) is 10.4. The molecule has 18 heavy (non-hydrogen) atoms. The minimum Gasteiger partial charge on any atom is -0.394 e. The van der Waals surface area contributed by atoms with Crippen molar-refractivity contribution in [2.45, 2.75) is 13.0 Å². The summed E-state index contributed by atoms with van der Waals surface area (Å²) < 4.78 is 27.9. The van der Waals surface area contributed by atoms with Crippen LogP contribution in [0.15, 0.2) is 12.1 Å². The first-order valence-corrected chi connectivity index (χ1v) is 6.15. The van der Waals surface area contributed by atoms with Gasteiger partial charge in [0, 0.05) is 31.7 Å². The van der Waals surface area contributed by atoms with Crippen LogP contribution in [0.4, 0.5) is 8.78 Å². The number of nitrogens with one attached hydrogen (secondary N) is 1. The van der Waals surface area contributed by atoms with Crippen molar-refractivity contribution in [3.63, 3.8) is 0 Å². The fourth-order valence-electron chi connectivity index (χ4n) is 2.37. The molecule has 1 aliphatic rings. The lowest BCUT2D eigenvalue weighted by atomic mass is 10.0. The Morgan fingerprint density at radius 3 is 2.61 bits per heavy atom. The molecule has 0 spiro atoms. The number of rotatable bonds is 3. The molecule has 0 amide bonds. The van der Waals surface area contributed by atoms with Crippen LogP contribution in [0.3, 0.4) is 0 Å². The average molecular weight is 256 g/mol. The minimum absolute atomic E-state index is 0.0144. The van der Waals surface area contributed by atoms with E-state index in [0.29, 0.717) is 18.7 Å². The molecule has 0 aliphatic carbocycles. The Balaban J connectivity index is 2.34. The number of piperazine rings is 1. The van der Waals surface area contributed by atoms with Gasteiger partial charge in [-0.05, 0) is 18.6 Å². The third-order valence-corrected chi connectivity index (χ3v) is 3.42. The molecule has 0 aromatic heterocycles. The molecule has 1 aromatic carbocycles. The standard InChI is InChI=1S/C13H18F2N2O/c1-9-2-3-10(14)12(13(9)15)11(8-18)17-6-4-16-5-7-17/h2-3,11,16,18H,4-8H2,1H3/t11-/m1/s1. The molecule has 3 nitrogen and oxygen atoms in total. The summed E-state index contributed by atoms with van der Waals surface area (Å²) in [6.45, 7) is 4.22. The maximum atomic E-state index is 14.1. The number of nitrogens with zero attached hydrogens (tertiary/aromatic N) is 1. The fourth-order valence-corrected chi connectivity index (χ4v) is 2.37. The fraction of sp³-hybridized carbons (Fsp3) is 0.538. The number of hydrogen-bond acceptors (Lipinski definition) is 3. The maximum Gasteiger partial charge on any atom is 0.133 e. The lowest BCUT2D eigenvalue weighted by Gasteiger charge is -2.34. The molecule has 1 saturated heterocycles. The largest absolute Gasteiger partial charge is 0.394 e. The topological polar surface area (TPSA) is 35.5 Å². The van der Waals surface area contributed by atoms with Gasteiger partial charge in [-0.3, -0.25) is 4.90 Å². The number of benzene rings is 1. The Labute approximate surface area is 105 Å². The van der Waals surface area contributed by atoms with Gasteiger partial charge in [-0.15, -0.1) is 0 Å². The van der Waals surface area contributed by atoms with Crippen LogP contribution in [-0.4, -0.2) is 42.8 Å². The maximum absolute atomic E-state index is 14.1. The van der Waals surface area contributed by atoms with E-state index >= 15 is 0 Å². The molecule has 1 fully saturated rings. The molecule has 0 bridgehead atoms. The zero-order valence-corrected chi connectivity index (χ0v) is 10.4. The highest BCUT2D eigenvalue weighted by Gasteiger charge is 2.27. The first kappa shape index (κ1) is 13.4. The van der Waals surface area contributed by atoms with E-state index in [1.165, 1.54) is 12.1 Å². The lowest BCUT2D eigenvalue weighted by Crippen LogP contribution is -2.46. The van der Waals surface area contributed by atoms with Gasteiger partial charge in [0.05, 0.1) is 12.6 Å². The first-order valence-electron chi connectivity index (χ1n) is 6.15. The summed E-state index contributed by atoms with van der Waals surface area (Å²) in [5, 5.41) is 12.7. The first-order chi connectivity index (χ1) is 8.65. The van der Waals surface area contributed by atoms with Crippen LogP contribution >= 0.6 is 0 Å². The molecule has 0 radical (unpaired) electrons. The van der Waals surface area contributed by atoms with Crippen molar-refractivity contribution in [1.29, 1.82) is 0 Å². The highest BCUT2D eigenvalue weighted by molar-refractivity contribution is 5.29. The Kier molecular flexibility index (Phi) is 4.27. The van der Waals surface area contributed by atoms with Crippen LogP contribution in [0.2, 0.25) is 0 Å². The third kappa shape index (κ3) is 2.53. The Morgan fingerprint density at radius 2 is 2.00 bits per heavy atom. The molecular formula is C13H18F2N2O. The molecule has 2 N–H and O–H groups in total. The highest BCUT2D eigenvalue weighted by Crippen LogP contribution is 2.27. The Bertz CT molecular complexity index is 420. The second kappa shape index (κ2) is 5.73. The second-order valence-electron chi connectivity index (χ2n) is 4.58. The smallest absolute Gasteiger partial charge is 0.133 e. The predicted octanol–water partition coefficient (Wildman–Crippen LogP) is 1.21. The van der Waals surface area contributed by atoms with Gasteiger partial charge in [-0.1, -0.05) is 6.07 Å². The van der Waals surface area contributed by atoms with Gasteiger partial charge >= 0.3 is 0 Å². The lowest BCUT2D eigenvalue weighted by molar-refractivity contribution is 0.105. The van der Waals surface area contributed by atoms with Gasteiger partial charge < -0.3 is 10.4 Å². The van der Waals surface area contributed by atoms with Gasteiger partial charge in [-0.25, -0.2) is 8.78 Å². The van der Waals surface area contributed by atoms with Crippen LogP contribution in [0, 0.1) is 18.6 Å². The molecule has 0 saturated carbocycles. The summed E-state index contributed by atoms with van der Waals surface area (Å²) in [4.78, 5) is 1.91. The van der Waals surface area contributed by atoms with Crippen molar-refractivity contribution in [1.82, 2.24) is 10.2 Å². The molecule has 1 aliphatic heterocycles. The van der Waals surface area contributed by atoms with Gasteiger partial charge in [-0.2, -0.15) is 0 Å². The summed E-state index contributed by atoms with van der Waals surface area (Å²) >= 11 is 0. The second-order valence-corrected chi connectivity index (χ2v) is 4.58. The molecule has 100 valence electrons. The third-order valence-electron chi connectivity index (χ3n) is 3.42. The Hall–Kier alpha value is -1.04. The molecule has 1 aromatic rings. The number of aliphatic hydroxyl groups excluding tert-OH is 1. The summed E-state index contributed by atoms with van der Waals surface area (Å²) in [6.07, 6.45) is 0. The van der Waals surface area contributed by atoms with E-state index < -0.39 is 17.7 Å². The highest BCUT2D eigenvalue weighted by atomic mass is 19.1. The van der Waals surface area contributed by atoms with Crippen LogP contribution in [0.1, 0.15) is 17.2 Å². The van der Waals surface area contributed by atoms with Crippen LogP contribution in [-0.2, 0) is 0 Å². The molecule has 0 unspecified atom stereocenters. The summed E-state index contributed by atoms with van der Waals surface area (Å²) in [5.74, 6) is -1.14. The average Bonchev–Trinajstić information content (AvgIpc) is 2.40. The Morgan fingerprint density at radius 1 is 1.33 bits per heavy atom. The van der Waals surface area contributed by atoms with E-state index in [4.69, 9.17) is 0 Å². The molecule has 1 heterocycles. The van der Waals surface area contributed by atoms with Crippen molar-refractivity contribution < 1.29 is 13.9 Å². The van der Waals surface area contributed by atoms with E-state index in [9.17, 15) is 13.9 Å². The summed E-state index contributed by atoms with van der Waals surface area (Å²) in [6, 6.07) is 2.07. The van der Waals surface area contributed by atoms with Crippen molar-refractivity contribution in [3.8, 4) is 0 Å². The summed E-state index contributed by atoms with van der Waals surface area (Å²) in [7, 11) is 0. The van der Waals surface area contributed by atoms with Gasteiger partial charge in [0.15, 0.2) is 0 Å². The quantitative estimate of drug-likeness (QED) is 0.853. The van der Waals surface area contributed by atoms with Gasteiger partial charge in [0.25, 0.3) is 0 Å². The van der Waals surface area contributed by atoms with Crippen LogP contribution < -0.4 is 5.32 Å². The van der Waals surface area contributed by atoms with Gasteiger partial charge in [0.1, 0.15) is 11.6 Å². The van der Waals surface area contributed by atoms with E-state index in [-0.39, 0.29) is 12.2 Å². The normalized spacial score (nSPS) is 18.9. The monoisotopic (exact) mass is 256 g/mol. The number of halogens is 2. The van der Waals surface area contributed by atoms with Crippen molar-refractivity contribution in [3.05, 3.63) is 34.9 Å². The molecule has 1 atom stereocenters. The zero-order chi connectivity index (χ0) is 13.1.